The standard InChI is InChI=1S/C15H26N4O/c1-11-9-12(16)10-19-13(11)17-7-5-6-8-18-14(20)15(2,3)4/h9-10H,5-8,16H2,1-4H3,(H,17,19)(H,18,20). The Morgan fingerprint density at radius 1 is 1.30 bits per heavy atom. The second-order valence-electron chi connectivity index (χ2n) is 6.07. The zero-order chi connectivity index (χ0) is 15.2. The van der Waals surface area contributed by atoms with Crippen LogP contribution in [0.5, 0.6) is 0 Å². The van der Waals surface area contributed by atoms with Gasteiger partial charge in [-0.3, -0.25) is 4.79 Å². The van der Waals surface area contributed by atoms with Crippen LogP contribution in [0.4, 0.5) is 11.5 Å². The molecule has 0 unspecified atom stereocenters. The molecule has 0 radical (unpaired) electrons. The fourth-order valence-corrected chi connectivity index (χ4v) is 1.71. The summed E-state index contributed by atoms with van der Waals surface area (Å²) in [6.45, 7) is 9.28. The molecule has 1 amide bonds. The average Bonchev–Trinajstić information content (AvgIpc) is 2.34. The van der Waals surface area contributed by atoms with E-state index in [1.807, 2.05) is 33.8 Å². The SMILES string of the molecule is Cc1cc(N)cnc1NCCCCNC(=O)C(C)(C)C. The molecular weight excluding hydrogens is 252 g/mol. The molecule has 1 rings (SSSR count). The third-order valence-electron chi connectivity index (χ3n) is 2.96. The number of amides is 1. The lowest BCUT2D eigenvalue weighted by Crippen LogP contribution is -2.35. The Morgan fingerprint density at radius 3 is 2.55 bits per heavy atom. The Kier molecular flexibility index (Phi) is 5.80. The van der Waals surface area contributed by atoms with E-state index in [4.69, 9.17) is 5.73 Å². The van der Waals surface area contributed by atoms with Crippen LogP contribution in [0.25, 0.3) is 0 Å². The van der Waals surface area contributed by atoms with Gasteiger partial charge in [0.25, 0.3) is 0 Å². The van der Waals surface area contributed by atoms with Gasteiger partial charge in [0.15, 0.2) is 0 Å². The summed E-state index contributed by atoms with van der Waals surface area (Å²) in [5.41, 5.74) is 7.06. The van der Waals surface area contributed by atoms with Crippen molar-refractivity contribution in [2.24, 2.45) is 5.41 Å². The van der Waals surface area contributed by atoms with Crippen molar-refractivity contribution in [1.82, 2.24) is 10.3 Å². The maximum absolute atomic E-state index is 11.6. The molecule has 4 N–H and O–H groups in total. The van der Waals surface area contributed by atoms with Crippen molar-refractivity contribution >= 4 is 17.4 Å². The molecule has 5 nitrogen and oxygen atoms in total. The van der Waals surface area contributed by atoms with Crippen molar-refractivity contribution in [3.63, 3.8) is 0 Å². The molecule has 5 heteroatoms. The van der Waals surface area contributed by atoms with Crippen LogP contribution in [0.3, 0.4) is 0 Å². The molecule has 0 atom stereocenters. The Balaban J connectivity index is 2.18. The first-order chi connectivity index (χ1) is 9.30. The van der Waals surface area contributed by atoms with E-state index in [1.165, 1.54) is 0 Å². The number of rotatable bonds is 6. The van der Waals surface area contributed by atoms with Crippen LogP contribution < -0.4 is 16.4 Å². The Labute approximate surface area is 121 Å². The van der Waals surface area contributed by atoms with Gasteiger partial charge in [-0.05, 0) is 31.4 Å². The molecule has 0 aromatic carbocycles. The van der Waals surface area contributed by atoms with Crippen LogP contribution in [-0.4, -0.2) is 24.0 Å². The molecule has 0 bridgehead atoms. The number of unbranched alkanes of at least 4 members (excludes halogenated alkanes) is 1. The van der Waals surface area contributed by atoms with E-state index in [0.717, 1.165) is 30.8 Å². The first-order valence-corrected chi connectivity index (χ1v) is 7.05. The van der Waals surface area contributed by atoms with Crippen LogP contribution in [0.15, 0.2) is 12.3 Å². The third kappa shape index (κ3) is 5.47. The summed E-state index contributed by atoms with van der Waals surface area (Å²) in [7, 11) is 0. The van der Waals surface area contributed by atoms with Crippen LogP contribution in [0.2, 0.25) is 0 Å². The Bertz CT molecular complexity index is 452. The van der Waals surface area contributed by atoms with Crippen molar-refractivity contribution < 1.29 is 4.79 Å². The fourth-order valence-electron chi connectivity index (χ4n) is 1.71. The number of hydrogen-bond acceptors (Lipinski definition) is 4. The molecule has 112 valence electrons. The number of carbonyl (C=O) groups is 1. The highest BCUT2D eigenvalue weighted by molar-refractivity contribution is 5.81. The molecule has 0 aliphatic rings. The Morgan fingerprint density at radius 2 is 1.95 bits per heavy atom. The highest BCUT2D eigenvalue weighted by Gasteiger charge is 2.19. The number of aryl methyl sites for hydroxylation is 1. The quantitative estimate of drug-likeness (QED) is 0.698. The summed E-state index contributed by atoms with van der Waals surface area (Å²) in [4.78, 5) is 15.9. The van der Waals surface area contributed by atoms with Crippen LogP contribution in [-0.2, 0) is 4.79 Å². The molecule has 0 aliphatic heterocycles. The van der Waals surface area contributed by atoms with E-state index in [9.17, 15) is 4.79 Å². The Hall–Kier alpha value is -1.78. The van der Waals surface area contributed by atoms with Gasteiger partial charge in [-0.15, -0.1) is 0 Å². The topological polar surface area (TPSA) is 80.0 Å². The van der Waals surface area contributed by atoms with Gasteiger partial charge in [0.1, 0.15) is 5.82 Å². The van der Waals surface area contributed by atoms with Gasteiger partial charge < -0.3 is 16.4 Å². The minimum atomic E-state index is -0.316. The number of nitrogens with two attached hydrogens (primary N) is 1. The summed E-state index contributed by atoms with van der Waals surface area (Å²) < 4.78 is 0. The van der Waals surface area contributed by atoms with E-state index < -0.39 is 0 Å². The summed E-state index contributed by atoms with van der Waals surface area (Å²) in [6.07, 6.45) is 3.58. The van der Waals surface area contributed by atoms with Gasteiger partial charge in [0.2, 0.25) is 5.91 Å². The number of nitrogens with zero attached hydrogens (tertiary/aromatic N) is 1. The maximum atomic E-state index is 11.6. The summed E-state index contributed by atoms with van der Waals surface area (Å²) in [5.74, 6) is 0.972. The smallest absolute Gasteiger partial charge is 0.225 e. The van der Waals surface area contributed by atoms with Gasteiger partial charge in [0, 0.05) is 18.5 Å². The first kappa shape index (κ1) is 16.3. The normalized spacial score (nSPS) is 11.2. The number of nitrogen functional groups attached to an aromatic ring is 1. The maximum Gasteiger partial charge on any atom is 0.225 e. The highest BCUT2D eigenvalue weighted by Crippen LogP contribution is 2.14. The van der Waals surface area contributed by atoms with Crippen LogP contribution in [0.1, 0.15) is 39.2 Å². The predicted molar refractivity (Wildman–Crippen MR) is 83.6 cm³/mol. The predicted octanol–water partition coefficient (Wildman–Crippen LogP) is 2.33. The van der Waals surface area contributed by atoms with E-state index in [-0.39, 0.29) is 11.3 Å². The minimum absolute atomic E-state index is 0.0986. The van der Waals surface area contributed by atoms with Crippen LogP contribution >= 0.6 is 0 Å². The molecule has 0 aliphatic carbocycles. The molecule has 0 fully saturated rings. The lowest BCUT2D eigenvalue weighted by molar-refractivity contribution is -0.128. The molecule has 0 spiro atoms. The second kappa shape index (κ2) is 7.12. The highest BCUT2D eigenvalue weighted by atomic mass is 16.2. The van der Waals surface area contributed by atoms with Crippen molar-refractivity contribution in [2.45, 2.75) is 40.5 Å². The minimum Gasteiger partial charge on any atom is -0.397 e. The zero-order valence-corrected chi connectivity index (χ0v) is 12.9. The average molecular weight is 278 g/mol. The molecular formula is C15H26N4O. The van der Waals surface area contributed by atoms with Gasteiger partial charge in [-0.1, -0.05) is 20.8 Å². The fraction of sp³-hybridized carbons (Fsp3) is 0.600. The second-order valence-corrected chi connectivity index (χ2v) is 6.07. The largest absolute Gasteiger partial charge is 0.397 e. The van der Waals surface area contributed by atoms with Gasteiger partial charge >= 0.3 is 0 Å². The lowest BCUT2D eigenvalue weighted by atomic mass is 9.96. The zero-order valence-electron chi connectivity index (χ0n) is 12.9. The van der Waals surface area contributed by atoms with Crippen molar-refractivity contribution in [1.29, 1.82) is 0 Å². The summed E-state index contributed by atoms with van der Waals surface area (Å²) in [5, 5.41) is 6.22. The molecule has 20 heavy (non-hydrogen) atoms. The van der Waals surface area contributed by atoms with Crippen LogP contribution in [0, 0.1) is 12.3 Å². The van der Waals surface area contributed by atoms with E-state index in [0.29, 0.717) is 12.2 Å². The molecule has 1 heterocycles. The monoisotopic (exact) mass is 278 g/mol. The third-order valence-corrected chi connectivity index (χ3v) is 2.96. The lowest BCUT2D eigenvalue weighted by Gasteiger charge is -2.17. The van der Waals surface area contributed by atoms with Gasteiger partial charge in [-0.2, -0.15) is 0 Å². The summed E-state index contributed by atoms with van der Waals surface area (Å²) >= 11 is 0. The number of anilines is 2. The van der Waals surface area contributed by atoms with Gasteiger partial charge in [-0.25, -0.2) is 4.98 Å². The van der Waals surface area contributed by atoms with E-state index >= 15 is 0 Å². The summed E-state index contributed by atoms with van der Waals surface area (Å²) in [6, 6.07) is 1.90. The molecule has 1 aromatic heterocycles. The molecule has 0 saturated heterocycles. The number of pyridine rings is 1. The number of nitrogens with one attached hydrogen (secondary N) is 2. The van der Waals surface area contributed by atoms with Crippen molar-refractivity contribution in [3.05, 3.63) is 17.8 Å². The van der Waals surface area contributed by atoms with E-state index in [1.54, 1.807) is 6.20 Å². The molecule has 0 saturated carbocycles. The van der Waals surface area contributed by atoms with Gasteiger partial charge in [0.05, 0.1) is 11.9 Å². The first-order valence-electron chi connectivity index (χ1n) is 7.05. The van der Waals surface area contributed by atoms with Crippen molar-refractivity contribution in [2.75, 3.05) is 24.1 Å². The number of hydrogen-bond donors (Lipinski definition) is 3. The number of aromatic nitrogens is 1. The molecule has 1 aromatic rings. The van der Waals surface area contributed by atoms with Crippen molar-refractivity contribution in [3.8, 4) is 0 Å². The van der Waals surface area contributed by atoms with E-state index in [2.05, 4.69) is 15.6 Å². The number of carbonyl (C=O) groups excluding carboxylic acids is 1.